The van der Waals surface area contributed by atoms with Crippen molar-refractivity contribution in [1.29, 1.82) is 0 Å². The Kier molecular flexibility index (Phi) is 3.82. The highest BCUT2D eigenvalue weighted by atomic mass is 32.2. The standard InChI is InChI=1S/C10H11NO4S/c1-3-16(13,14)8-4-5-10(15-2)9(6-8)11-7-12/h4-6H,3H2,1-2H3. The summed E-state index contributed by atoms with van der Waals surface area (Å²) in [5, 5.41) is 0. The predicted molar refractivity (Wildman–Crippen MR) is 58.5 cm³/mol. The van der Waals surface area contributed by atoms with Crippen molar-refractivity contribution in [1.82, 2.24) is 0 Å². The van der Waals surface area contributed by atoms with Gasteiger partial charge in [0.2, 0.25) is 6.08 Å². The van der Waals surface area contributed by atoms with E-state index in [1.54, 1.807) is 6.92 Å². The van der Waals surface area contributed by atoms with Gasteiger partial charge in [-0.05, 0) is 18.2 Å². The first-order valence-corrected chi connectivity index (χ1v) is 6.19. The van der Waals surface area contributed by atoms with E-state index >= 15 is 0 Å². The minimum Gasteiger partial charge on any atom is -0.494 e. The number of benzene rings is 1. The molecule has 0 heterocycles. The third-order valence-electron chi connectivity index (χ3n) is 2.06. The summed E-state index contributed by atoms with van der Waals surface area (Å²) in [4.78, 5) is 13.7. The van der Waals surface area contributed by atoms with Crippen molar-refractivity contribution < 1.29 is 17.9 Å². The highest BCUT2D eigenvalue weighted by Gasteiger charge is 2.14. The van der Waals surface area contributed by atoms with Gasteiger partial charge in [0.15, 0.2) is 9.84 Å². The first-order valence-electron chi connectivity index (χ1n) is 4.53. The third-order valence-corrected chi connectivity index (χ3v) is 3.79. The normalized spacial score (nSPS) is 10.6. The number of methoxy groups -OCH3 is 1. The second-order valence-electron chi connectivity index (χ2n) is 2.94. The maximum Gasteiger partial charge on any atom is 0.240 e. The zero-order valence-electron chi connectivity index (χ0n) is 8.93. The van der Waals surface area contributed by atoms with Crippen LogP contribution in [0.1, 0.15) is 6.92 Å². The monoisotopic (exact) mass is 241 g/mol. The van der Waals surface area contributed by atoms with Crippen LogP contribution in [-0.2, 0) is 14.6 Å². The highest BCUT2D eigenvalue weighted by Crippen LogP contribution is 2.29. The van der Waals surface area contributed by atoms with Crippen LogP contribution in [0.3, 0.4) is 0 Å². The van der Waals surface area contributed by atoms with Gasteiger partial charge in [0, 0.05) is 0 Å². The number of hydrogen-bond acceptors (Lipinski definition) is 5. The summed E-state index contributed by atoms with van der Waals surface area (Å²) in [6.45, 7) is 1.54. The van der Waals surface area contributed by atoms with Gasteiger partial charge in [0.05, 0.1) is 17.8 Å². The molecule has 0 aliphatic carbocycles. The van der Waals surface area contributed by atoms with E-state index in [4.69, 9.17) is 4.74 Å². The van der Waals surface area contributed by atoms with E-state index in [0.29, 0.717) is 5.75 Å². The Bertz CT molecular complexity index is 530. The Morgan fingerprint density at radius 3 is 2.62 bits per heavy atom. The summed E-state index contributed by atoms with van der Waals surface area (Å²) in [5.41, 5.74) is 0.159. The summed E-state index contributed by atoms with van der Waals surface area (Å²) in [5.74, 6) is 0.322. The molecule has 0 atom stereocenters. The molecule has 1 rings (SSSR count). The molecule has 1 aromatic carbocycles. The molecule has 16 heavy (non-hydrogen) atoms. The van der Waals surface area contributed by atoms with Gasteiger partial charge in [-0.3, -0.25) is 0 Å². The number of aliphatic imine (C=N–C) groups is 1. The maximum absolute atomic E-state index is 11.6. The van der Waals surface area contributed by atoms with Gasteiger partial charge in [-0.25, -0.2) is 13.2 Å². The molecule has 0 aromatic heterocycles. The van der Waals surface area contributed by atoms with Gasteiger partial charge in [-0.15, -0.1) is 0 Å². The first kappa shape index (κ1) is 12.4. The molecule has 1 aromatic rings. The van der Waals surface area contributed by atoms with Crippen molar-refractivity contribution in [3.63, 3.8) is 0 Å². The maximum atomic E-state index is 11.6. The molecule has 5 nitrogen and oxygen atoms in total. The van der Waals surface area contributed by atoms with Crippen LogP contribution >= 0.6 is 0 Å². The van der Waals surface area contributed by atoms with Crippen molar-refractivity contribution in [2.45, 2.75) is 11.8 Å². The van der Waals surface area contributed by atoms with Crippen LogP contribution in [0.15, 0.2) is 28.1 Å². The lowest BCUT2D eigenvalue weighted by Gasteiger charge is -2.06. The zero-order chi connectivity index (χ0) is 12.2. The lowest BCUT2D eigenvalue weighted by atomic mass is 10.3. The topological polar surface area (TPSA) is 72.8 Å². The highest BCUT2D eigenvalue weighted by molar-refractivity contribution is 7.91. The summed E-state index contributed by atoms with van der Waals surface area (Å²) >= 11 is 0. The second kappa shape index (κ2) is 4.92. The van der Waals surface area contributed by atoms with Crippen molar-refractivity contribution in [2.75, 3.05) is 12.9 Å². The number of carbonyl (C=O) groups excluding carboxylic acids is 1. The van der Waals surface area contributed by atoms with Crippen molar-refractivity contribution in [2.24, 2.45) is 4.99 Å². The number of hydrogen-bond donors (Lipinski definition) is 0. The van der Waals surface area contributed by atoms with Gasteiger partial charge < -0.3 is 4.74 Å². The summed E-state index contributed by atoms with van der Waals surface area (Å²) in [7, 11) is -1.90. The molecule has 6 heteroatoms. The lowest BCUT2D eigenvalue weighted by molar-refractivity contribution is 0.415. The Morgan fingerprint density at radius 2 is 2.12 bits per heavy atom. The molecule has 0 radical (unpaired) electrons. The average molecular weight is 241 g/mol. The Balaban J connectivity index is 3.38. The fraction of sp³-hybridized carbons (Fsp3) is 0.300. The largest absolute Gasteiger partial charge is 0.494 e. The van der Waals surface area contributed by atoms with Crippen LogP contribution in [0.4, 0.5) is 5.69 Å². The minimum atomic E-state index is -3.31. The average Bonchev–Trinajstić information content (AvgIpc) is 2.29. The number of ether oxygens (including phenoxy) is 1. The van der Waals surface area contributed by atoms with E-state index < -0.39 is 9.84 Å². The SMILES string of the molecule is CCS(=O)(=O)c1ccc(OC)c(N=C=O)c1. The van der Waals surface area contributed by atoms with Crippen molar-refractivity contribution >= 4 is 21.6 Å². The molecule has 0 N–H and O–H groups in total. The summed E-state index contributed by atoms with van der Waals surface area (Å²) in [6, 6.07) is 4.17. The van der Waals surface area contributed by atoms with E-state index in [1.165, 1.54) is 31.4 Å². The number of nitrogens with zero attached hydrogens (tertiary/aromatic N) is 1. The number of rotatable bonds is 4. The minimum absolute atomic E-state index is 0.0103. The van der Waals surface area contributed by atoms with Gasteiger partial charge in [0.1, 0.15) is 11.4 Å². The molecule has 86 valence electrons. The molecule has 0 fully saturated rings. The van der Waals surface area contributed by atoms with Crippen LogP contribution in [-0.4, -0.2) is 27.4 Å². The molecule has 0 unspecified atom stereocenters. The molecule has 0 bridgehead atoms. The van der Waals surface area contributed by atoms with E-state index in [2.05, 4.69) is 4.99 Å². The van der Waals surface area contributed by atoms with Crippen LogP contribution in [0, 0.1) is 0 Å². The van der Waals surface area contributed by atoms with E-state index in [1.807, 2.05) is 0 Å². The summed E-state index contributed by atoms with van der Waals surface area (Å²) in [6.07, 6.45) is 1.36. The van der Waals surface area contributed by atoms with E-state index in [-0.39, 0.29) is 16.3 Å². The van der Waals surface area contributed by atoms with Gasteiger partial charge >= 0.3 is 0 Å². The first-order chi connectivity index (χ1) is 7.55. The smallest absolute Gasteiger partial charge is 0.240 e. The molecule has 0 amide bonds. The molecular formula is C10H11NO4S. The molecule has 0 aliphatic rings. The molecule has 0 spiro atoms. The Labute approximate surface area is 93.7 Å². The summed E-state index contributed by atoms with van der Waals surface area (Å²) < 4.78 is 28.1. The van der Waals surface area contributed by atoms with Crippen LogP contribution in [0.25, 0.3) is 0 Å². The van der Waals surface area contributed by atoms with E-state index in [0.717, 1.165) is 0 Å². The zero-order valence-corrected chi connectivity index (χ0v) is 9.74. The number of sulfone groups is 1. The Hall–Kier alpha value is -1.65. The van der Waals surface area contributed by atoms with Crippen LogP contribution in [0.2, 0.25) is 0 Å². The molecule has 0 saturated heterocycles. The van der Waals surface area contributed by atoms with Crippen LogP contribution < -0.4 is 4.74 Å². The quantitative estimate of drug-likeness (QED) is 0.591. The van der Waals surface area contributed by atoms with Gasteiger partial charge in [-0.1, -0.05) is 6.92 Å². The predicted octanol–water partition coefficient (Wildman–Crippen LogP) is 1.46. The number of isocyanates is 1. The molecule has 0 saturated carbocycles. The van der Waals surface area contributed by atoms with Crippen molar-refractivity contribution in [3.8, 4) is 5.75 Å². The molecule has 0 aliphatic heterocycles. The Morgan fingerprint density at radius 1 is 1.44 bits per heavy atom. The fourth-order valence-electron chi connectivity index (χ4n) is 1.17. The second-order valence-corrected chi connectivity index (χ2v) is 5.22. The van der Waals surface area contributed by atoms with Gasteiger partial charge in [-0.2, -0.15) is 4.99 Å². The van der Waals surface area contributed by atoms with Crippen LogP contribution in [0.5, 0.6) is 5.75 Å². The van der Waals surface area contributed by atoms with Crippen molar-refractivity contribution in [3.05, 3.63) is 18.2 Å². The lowest BCUT2D eigenvalue weighted by Crippen LogP contribution is -2.03. The third kappa shape index (κ3) is 2.48. The molecular weight excluding hydrogens is 230 g/mol. The van der Waals surface area contributed by atoms with Gasteiger partial charge in [0.25, 0.3) is 0 Å². The fourth-order valence-corrected chi connectivity index (χ4v) is 2.07. The van der Waals surface area contributed by atoms with E-state index in [9.17, 15) is 13.2 Å².